The van der Waals surface area contributed by atoms with E-state index in [1.54, 1.807) is 271 Å². The van der Waals surface area contributed by atoms with Crippen LogP contribution < -0.4 is 73.2 Å². The number of hydrogen-bond acceptors (Lipinski definition) is 27. The fourth-order valence-corrected chi connectivity index (χ4v) is 13.2. The number of nitrogen functional groups attached to an aromatic ring is 4. The zero-order chi connectivity index (χ0) is 97.7. The lowest BCUT2D eigenvalue weighted by Gasteiger charge is -2.10. The third kappa shape index (κ3) is 29.6. The number of aromatic nitrogens is 5. The Balaban J connectivity index is 0.000000164. The molecule has 5 aromatic heterocycles. The maximum atomic E-state index is 13.0. The lowest BCUT2D eigenvalue weighted by atomic mass is 10.1. The van der Waals surface area contributed by atoms with Crippen LogP contribution in [0.2, 0.25) is 15.1 Å². The number of ketones is 5. The molecule has 0 saturated heterocycles. The molecule has 0 fully saturated rings. The summed E-state index contributed by atoms with van der Waals surface area (Å²) in [4.78, 5) is 94.7. The summed E-state index contributed by atoms with van der Waals surface area (Å²) in [5.41, 5.74) is 34.9. The van der Waals surface area contributed by atoms with Crippen molar-refractivity contribution in [3.05, 3.63) is 421 Å². The quantitative estimate of drug-likeness (QED) is 0.00634. The number of nitro benzene ring substituents is 1. The number of nitrogens with zero attached hydrogens (tertiary/aromatic N) is 6. The number of rotatable bonds is 31. The Morgan fingerprint density at radius 1 is 0.336 bits per heavy atom. The first kappa shape index (κ1) is 99.8. The molecule has 0 radical (unpaired) electrons. The fraction of sp³-hybridized carbons (Fsp3) is 0.0476. The molecule has 32 heteroatoms. The number of aromatic hydroxyl groups is 1. The number of non-ortho nitro benzene ring substituents is 1. The molecule has 28 nitrogen and oxygen atoms in total. The van der Waals surface area contributed by atoms with E-state index in [-0.39, 0.29) is 46.2 Å². The number of carbonyl (C=O) groups excluding carboxylic acids is 5. The van der Waals surface area contributed by atoms with Gasteiger partial charge in [0.15, 0.2) is 40.4 Å². The third-order valence-corrected chi connectivity index (χ3v) is 20.3. The second-order valence-electron chi connectivity index (χ2n) is 28.9. The second kappa shape index (κ2) is 50.0. The lowest BCUT2D eigenvalue weighted by Crippen LogP contribution is -2.03. The van der Waals surface area contributed by atoms with Crippen LogP contribution in [0.25, 0.3) is 30.4 Å². The number of benzene rings is 10. The summed E-state index contributed by atoms with van der Waals surface area (Å²) in [6.45, 7) is 0. The Morgan fingerprint density at radius 2 is 0.613 bits per heavy atom. The van der Waals surface area contributed by atoms with Crippen molar-refractivity contribution < 1.29 is 62.1 Å². The zero-order valence-electron chi connectivity index (χ0n) is 74.0. The lowest BCUT2D eigenvalue weighted by molar-refractivity contribution is -0.384. The number of halogens is 4. The van der Waals surface area contributed by atoms with E-state index in [2.05, 4.69) is 51.5 Å². The maximum absolute atomic E-state index is 13.0. The number of para-hydroxylation sites is 1. The van der Waals surface area contributed by atoms with Crippen LogP contribution in [0.15, 0.2) is 334 Å². The molecular weight excluding hydrogens is 1800 g/mol. The van der Waals surface area contributed by atoms with Crippen molar-refractivity contribution in [2.45, 2.75) is 0 Å². The van der Waals surface area contributed by atoms with Crippen LogP contribution in [0.5, 0.6) is 34.5 Å². The van der Waals surface area contributed by atoms with Gasteiger partial charge >= 0.3 is 0 Å². The summed E-state index contributed by atoms with van der Waals surface area (Å²) in [6.07, 6.45) is 23.6. The number of ether oxygens (including phenoxy) is 5. The molecule has 0 aliphatic rings. The first-order valence-corrected chi connectivity index (χ1v) is 42.5. The number of phenols is 1. The smallest absolute Gasteiger partial charge is 0.269 e. The van der Waals surface area contributed by atoms with E-state index in [0.29, 0.717) is 146 Å². The first-order valence-electron chi connectivity index (χ1n) is 41.3. The van der Waals surface area contributed by atoms with Crippen molar-refractivity contribution in [3.8, 4) is 34.5 Å². The van der Waals surface area contributed by atoms with E-state index in [0.717, 1.165) is 33.6 Å². The Hall–Kier alpha value is -17.8. The molecule has 15 rings (SSSR count). The number of nitrogens with two attached hydrogens (primary N) is 4. The summed E-state index contributed by atoms with van der Waals surface area (Å²) in [5, 5.41) is 37.6. The van der Waals surface area contributed by atoms with Gasteiger partial charge < -0.3 is 78.3 Å². The van der Waals surface area contributed by atoms with Gasteiger partial charge in [-0.25, -0.2) is 29.3 Å². The fourth-order valence-electron chi connectivity index (χ4n) is 12.6. The number of methoxy groups -OCH3 is 5. The molecule has 0 saturated carbocycles. The van der Waals surface area contributed by atoms with E-state index in [1.165, 1.54) is 74.9 Å². The number of anilines is 14. The van der Waals surface area contributed by atoms with Crippen molar-refractivity contribution in [1.29, 1.82) is 0 Å². The monoisotopic (exact) mass is 1890 g/mol. The van der Waals surface area contributed by atoms with Crippen molar-refractivity contribution in [3.63, 3.8) is 0 Å². The number of nitro groups is 1. The molecular formula is C105H89Cl3FN15O13. The average Bonchev–Trinajstić information content (AvgIpc) is 0.824. The van der Waals surface area contributed by atoms with E-state index >= 15 is 0 Å². The summed E-state index contributed by atoms with van der Waals surface area (Å²) >= 11 is 18.0. The van der Waals surface area contributed by atoms with Crippen LogP contribution in [0.4, 0.5) is 90.4 Å². The Bertz CT molecular complexity index is 6800. The number of pyridine rings is 5. The summed E-state index contributed by atoms with van der Waals surface area (Å²) in [7, 11) is 7.67. The van der Waals surface area contributed by atoms with Gasteiger partial charge in [-0.3, -0.25) is 34.1 Å². The third-order valence-electron chi connectivity index (χ3n) is 19.5. The highest BCUT2D eigenvalue weighted by Gasteiger charge is 2.19. The van der Waals surface area contributed by atoms with Gasteiger partial charge in [0.2, 0.25) is 0 Å². The van der Waals surface area contributed by atoms with Crippen molar-refractivity contribution in [1.82, 2.24) is 24.9 Å². The minimum absolute atomic E-state index is 0.0189. The van der Waals surface area contributed by atoms with Crippen LogP contribution in [-0.2, 0) is 0 Å². The molecule has 5 heterocycles. The van der Waals surface area contributed by atoms with Crippen LogP contribution in [0.3, 0.4) is 0 Å². The van der Waals surface area contributed by atoms with Crippen LogP contribution in [-0.4, -0.2) is 99.4 Å². The van der Waals surface area contributed by atoms with Gasteiger partial charge in [0.05, 0.1) is 102 Å². The van der Waals surface area contributed by atoms with Gasteiger partial charge in [-0.15, -0.1) is 0 Å². The van der Waals surface area contributed by atoms with E-state index in [9.17, 15) is 43.6 Å². The molecule has 137 heavy (non-hydrogen) atoms. The Labute approximate surface area is 802 Å². The van der Waals surface area contributed by atoms with Gasteiger partial charge in [-0.2, -0.15) is 0 Å². The van der Waals surface area contributed by atoms with Gasteiger partial charge in [-0.1, -0.05) is 114 Å². The highest BCUT2D eigenvalue weighted by atomic mass is 35.5. The number of phenolic OH excluding ortho intramolecular Hbond substituents is 1. The summed E-state index contributed by atoms with van der Waals surface area (Å²) in [6, 6.07) is 76.4. The van der Waals surface area contributed by atoms with Crippen molar-refractivity contribution in [2.24, 2.45) is 0 Å². The molecule has 0 atom stereocenters. The second-order valence-corrected chi connectivity index (χ2v) is 30.1. The van der Waals surface area contributed by atoms with Crippen LogP contribution in [0, 0.1) is 15.9 Å². The predicted octanol–water partition coefficient (Wildman–Crippen LogP) is 23.7. The SMILES string of the molecule is COc1ccc(/C=C/C(=O)c2cccnc2Nc2ccc(Cl)cc2)cc1N.COc1ccc(/C=C/C(=O)c2cccnc2Nc2ccc(Cl)cc2Cl)cc1N.COc1ccc(/C=C/C(=O)c2cccnc2Nc2ccc(F)cc2)cc1N.COc1ccc(/C=C/C(=O)c2cccnc2Nc2ccc([N+](=O)[O-])cc2)cc1N.COc1ccc(/C=C/C(=O)c2cccnc2Nc2ccccc2)cc1O. The number of hydrogen-bond donors (Lipinski definition) is 10. The van der Waals surface area contributed by atoms with Crippen LogP contribution >= 0.6 is 34.8 Å². The largest absolute Gasteiger partial charge is 0.504 e. The van der Waals surface area contributed by atoms with Crippen LogP contribution in [0.1, 0.15) is 79.6 Å². The number of nitrogens with one attached hydrogen (secondary N) is 5. The highest BCUT2D eigenvalue weighted by Crippen LogP contribution is 2.34. The van der Waals surface area contributed by atoms with E-state index in [1.807, 2.05) is 54.6 Å². The molecule has 10 aromatic carbocycles. The van der Waals surface area contributed by atoms with Gasteiger partial charge in [-0.05, 0) is 271 Å². The average molecular weight is 1890 g/mol. The molecule has 0 bridgehead atoms. The molecule has 0 aliphatic carbocycles. The molecule has 0 unspecified atom stereocenters. The standard InChI is InChI=1S/C21H17Cl2N3O2.C21H18ClN3O2.C21H18FN3O2.C21H18N4O4.C21H18N2O3/c1-28-20-9-5-13(11-17(20)24)4-8-19(27)15-3-2-10-25-21(15)26-18-7-6-14(22)12-16(18)23;2*1-27-20-11-5-14(13-18(20)23)4-10-19(26)17-3-2-12-24-21(17)25-16-8-6-15(22)7-9-16;1-29-20-11-5-14(13-18(20)22)4-10-19(26)17-3-2-12-23-21(17)24-15-6-8-16(9-7-15)25(27)28;1-26-20-12-10-15(14-19(20)25)9-11-18(24)17-8-5-13-22-21(17)23-16-6-3-2-4-7-16/h2-12H,24H2,1H3,(H,25,26);2*2-13H,23H2,1H3,(H,24,25);2-13H,22H2,1H3,(H,23,24);2-14,25H,1H3,(H,22,23)/b8-4+;3*10-4+;11-9+. The molecule has 15 aromatic rings. The van der Waals surface area contributed by atoms with Gasteiger partial charge in [0.1, 0.15) is 57.9 Å². The minimum Gasteiger partial charge on any atom is -0.504 e. The normalized spacial score (nSPS) is 10.7. The minimum atomic E-state index is -0.476. The van der Waals surface area contributed by atoms with E-state index < -0.39 is 4.92 Å². The summed E-state index contributed by atoms with van der Waals surface area (Å²) < 4.78 is 38.6. The molecule has 0 amide bonds. The first-order chi connectivity index (χ1) is 66.2. The topological polar surface area (TPSA) is 424 Å². The van der Waals surface area contributed by atoms with Crippen molar-refractivity contribution in [2.75, 3.05) is 85.1 Å². The van der Waals surface area contributed by atoms with Crippen molar-refractivity contribution >= 4 is 180 Å². The molecule has 0 aliphatic heterocycles. The number of allylic oxidation sites excluding steroid dienone is 5. The zero-order valence-corrected chi connectivity index (χ0v) is 76.3. The summed E-state index contributed by atoms with van der Waals surface area (Å²) in [5.74, 6) is 3.47. The van der Waals surface area contributed by atoms with Gasteiger partial charge in [0, 0.05) is 75.9 Å². The van der Waals surface area contributed by atoms with E-state index in [4.69, 9.17) is 81.4 Å². The Kier molecular flexibility index (Phi) is 36.4. The molecule has 690 valence electrons. The Morgan fingerprint density at radius 3 is 0.905 bits per heavy atom. The number of carbonyl (C=O) groups is 5. The maximum Gasteiger partial charge on any atom is 0.269 e. The predicted molar refractivity (Wildman–Crippen MR) is 543 cm³/mol. The molecule has 14 N–H and O–H groups in total. The van der Waals surface area contributed by atoms with Gasteiger partial charge in [0.25, 0.3) is 5.69 Å². The molecule has 0 spiro atoms. The highest BCUT2D eigenvalue weighted by molar-refractivity contribution is 6.36.